The van der Waals surface area contributed by atoms with Crippen LogP contribution in [0.2, 0.25) is 0 Å². The maximum atomic E-state index is 13.9. The molecule has 13 heteroatoms. The molecular formula is C31H36F4N2O7. The summed E-state index contributed by atoms with van der Waals surface area (Å²) in [5.41, 5.74) is 0.364. The van der Waals surface area contributed by atoms with Gasteiger partial charge in [0, 0.05) is 25.5 Å². The molecule has 2 rings (SSSR count). The number of hydrogen-bond donors (Lipinski definition) is 2. The van der Waals surface area contributed by atoms with Gasteiger partial charge in [0.1, 0.15) is 18.2 Å². The molecule has 0 aliphatic heterocycles. The van der Waals surface area contributed by atoms with E-state index in [1.165, 1.54) is 0 Å². The Hall–Kier alpha value is -4.29. The Morgan fingerprint density at radius 1 is 0.886 bits per heavy atom. The van der Waals surface area contributed by atoms with Crippen molar-refractivity contribution < 1.29 is 51.0 Å². The molecule has 0 bridgehead atoms. The van der Waals surface area contributed by atoms with Gasteiger partial charge >= 0.3 is 5.97 Å². The van der Waals surface area contributed by atoms with Crippen LogP contribution in [-0.2, 0) is 40.5 Å². The number of ketones is 2. The van der Waals surface area contributed by atoms with Crippen molar-refractivity contribution in [2.45, 2.75) is 77.9 Å². The number of carbonyl (C=O) groups is 5. The van der Waals surface area contributed by atoms with Crippen LogP contribution in [0, 0.1) is 23.3 Å². The molecule has 2 N–H and O–H groups in total. The van der Waals surface area contributed by atoms with Crippen molar-refractivity contribution in [3.63, 3.8) is 0 Å². The highest BCUT2D eigenvalue weighted by Gasteiger charge is 2.29. The lowest BCUT2D eigenvalue weighted by Gasteiger charge is -2.23. The average molecular weight is 625 g/mol. The summed E-state index contributed by atoms with van der Waals surface area (Å²) in [7, 11) is 0. The van der Waals surface area contributed by atoms with E-state index in [1.807, 2.05) is 32.9 Å². The monoisotopic (exact) mass is 624 g/mol. The fourth-order valence-corrected chi connectivity index (χ4v) is 4.03. The second-order valence-electron chi connectivity index (χ2n) is 12.0. The highest BCUT2D eigenvalue weighted by atomic mass is 19.2. The first-order chi connectivity index (χ1) is 20.3. The minimum absolute atomic E-state index is 0.0397. The minimum atomic E-state index is -1.88. The molecule has 44 heavy (non-hydrogen) atoms. The fourth-order valence-electron chi connectivity index (χ4n) is 4.03. The number of halogens is 4. The van der Waals surface area contributed by atoms with Crippen LogP contribution in [-0.4, -0.2) is 54.1 Å². The molecule has 9 nitrogen and oxygen atoms in total. The summed E-state index contributed by atoms with van der Waals surface area (Å²) in [4.78, 5) is 62.6. The van der Waals surface area contributed by atoms with Crippen LogP contribution in [0.4, 0.5) is 17.6 Å². The van der Waals surface area contributed by atoms with Gasteiger partial charge in [0.15, 0.2) is 23.2 Å². The van der Waals surface area contributed by atoms with Crippen molar-refractivity contribution in [3.8, 4) is 5.75 Å². The lowest BCUT2D eigenvalue weighted by atomic mass is 9.82. The number of amides is 2. The lowest BCUT2D eigenvalue weighted by Crippen LogP contribution is -2.46. The summed E-state index contributed by atoms with van der Waals surface area (Å²) in [6.45, 7) is 9.10. The Morgan fingerprint density at radius 3 is 2.05 bits per heavy atom. The van der Waals surface area contributed by atoms with E-state index in [0.717, 1.165) is 5.56 Å². The summed E-state index contributed by atoms with van der Waals surface area (Å²) in [5, 5.41) is 4.58. The third-order valence-electron chi connectivity index (χ3n) is 6.01. The first-order valence-electron chi connectivity index (χ1n) is 13.7. The van der Waals surface area contributed by atoms with E-state index < -0.39 is 89.5 Å². The summed E-state index contributed by atoms with van der Waals surface area (Å²) in [6.07, 6.45) is -1.30. The zero-order valence-electron chi connectivity index (χ0n) is 25.4. The first-order valence-corrected chi connectivity index (χ1v) is 13.7. The highest BCUT2D eigenvalue weighted by molar-refractivity contribution is 6.36. The van der Waals surface area contributed by atoms with E-state index in [4.69, 9.17) is 4.74 Å². The molecule has 240 valence electrons. The topological polar surface area (TPSA) is 128 Å². The average Bonchev–Trinajstić information content (AvgIpc) is 2.90. The quantitative estimate of drug-likeness (QED) is 0.149. The van der Waals surface area contributed by atoms with Crippen LogP contribution in [0.1, 0.15) is 65.5 Å². The van der Waals surface area contributed by atoms with Gasteiger partial charge in [0.05, 0.1) is 6.42 Å². The van der Waals surface area contributed by atoms with E-state index >= 15 is 0 Å². The summed E-state index contributed by atoms with van der Waals surface area (Å²) >= 11 is 0. The maximum absolute atomic E-state index is 13.9. The molecule has 0 radical (unpaired) electrons. The molecule has 0 aliphatic carbocycles. The number of hydrogen-bond acceptors (Lipinski definition) is 7. The highest BCUT2D eigenvalue weighted by Crippen LogP contribution is 2.27. The molecule has 1 atom stereocenters. The van der Waals surface area contributed by atoms with E-state index in [2.05, 4.69) is 15.4 Å². The van der Waals surface area contributed by atoms with Gasteiger partial charge < -0.3 is 20.1 Å². The number of esters is 1. The Labute approximate surface area is 252 Å². The Balaban J connectivity index is 2.03. The van der Waals surface area contributed by atoms with Gasteiger partial charge in [-0.1, -0.05) is 45.0 Å². The molecular weight excluding hydrogens is 588 g/mol. The van der Waals surface area contributed by atoms with Gasteiger partial charge in [-0.05, 0) is 37.3 Å². The standard InChI is InChI=1S/C31H36F4N2O7/c1-30(2,3)18-10-8-7-9-17(18)13-22(38)29(42)36-12-11-24(40)37-21(15-25(41)44-31(4,5)6)23(39)16-43-28-26(34)19(32)14-20(33)27(28)35/h7-10,14,21H,11-13,15-16H2,1-6H3,(H,36,42)(H,37,40)/t21-/m0/s1. The van der Waals surface area contributed by atoms with Crippen molar-refractivity contribution in [3.05, 3.63) is 64.7 Å². The third kappa shape index (κ3) is 10.8. The molecule has 2 amide bonds. The van der Waals surface area contributed by atoms with E-state index in [0.29, 0.717) is 5.56 Å². The Bertz CT molecular complexity index is 1390. The van der Waals surface area contributed by atoms with E-state index in [-0.39, 0.29) is 24.4 Å². The summed E-state index contributed by atoms with van der Waals surface area (Å²) < 4.78 is 64.7. The van der Waals surface area contributed by atoms with E-state index in [9.17, 15) is 41.5 Å². The van der Waals surface area contributed by atoms with E-state index in [1.54, 1.807) is 32.9 Å². The molecule has 0 spiro atoms. The zero-order chi connectivity index (χ0) is 33.4. The second kappa shape index (κ2) is 14.9. The fraction of sp³-hybridized carbons (Fsp3) is 0.452. The molecule has 0 saturated carbocycles. The SMILES string of the molecule is CC(C)(C)OC(=O)C[C@H](NC(=O)CCNC(=O)C(=O)Cc1ccccc1C(C)(C)C)C(=O)COc1c(F)c(F)cc(F)c1F. The van der Waals surface area contributed by atoms with Crippen molar-refractivity contribution in [1.82, 2.24) is 10.6 Å². The van der Waals surface area contributed by atoms with Gasteiger partial charge in [-0.3, -0.25) is 24.0 Å². The molecule has 0 fully saturated rings. The minimum Gasteiger partial charge on any atom is -0.479 e. The van der Waals surface area contributed by atoms with Crippen LogP contribution in [0.15, 0.2) is 30.3 Å². The van der Waals surface area contributed by atoms with Crippen LogP contribution in [0.3, 0.4) is 0 Å². The number of ether oxygens (including phenoxy) is 2. The maximum Gasteiger partial charge on any atom is 0.308 e. The molecule has 0 saturated heterocycles. The lowest BCUT2D eigenvalue weighted by molar-refractivity contribution is -0.156. The van der Waals surface area contributed by atoms with Crippen LogP contribution >= 0.6 is 0 Å². The largest absolute Gasteiger partial charge is 0.479 e. The van der Waals surface area contributed by atoms with Crippen molar-refractivity contribution >= 4 is 29.4 Å². The van der Waals surface area contributed by atoms with Gasteiger partial charge in [0.25, 0.3) is 5.91 Å². The predicted octanol–water partition coefficient (Wildman–Crippen LogP) is 4.02. The van der Waals surface area contributed by atoms with Crippen LogP contribution in [0.25, 0.3) is 0 Å². The number of rotatable bonds is 13. The Morgan fingerprint density at radius 2 is 1.48 bits per heavy atom. The van der Waals surface area contributed by atoms with Crippen LogP contribution < -0.4 is 15.4 Å². The molecule has 0 aromatic heterocycles. The molecule has 2 aromatic rings. The Kier molecular flexibility index (Phi) is 12.2. The predicted molar refractivity (Wildman–Crippen MR) is 151 cm³/mol. The van der Waals surface area contributed by atoms with Crippen molar-refractivity contribution in [1.29, 1.82) is 0 Å². The first kappa shape index (κ1) is 35.9. The third-order valence-corrected chi connectivity index (χ3v) is 6.01. The van der Waals surface area contributed by atoms with Crippen molar-refractivity contribution in [2.75, 3.05) is 13.2 Å². The molecule has 2 aromatic carbocycles. The summed E-state index contributed by atoms with van der Waals surface area (Å²) in [5.74, 6) is -13.3. The number of nitrogens with one attached hydrogen (secondary N) is 2. The van der Waals surface area contributed by atoms with Gasteiger partial charge in [-0.25, -0.2) is 8.78 Å². The summed E-state index contributed by atoms with van der Waals surface area (Å²) in [6, 6.07) is 5.53. The van der Waals surface area contributed by atoms with Crippen molar-refractivity contribution in [2.24, 2.45) is 0 Å². The normalized spacial score (nSPS) is 12.2. The molecule has 0 aliphatic rings. The molecule has 0 heterocycles. The number of carbonyl (C=O) groups excluding carboxylic acids is 5. The molecule has 0 unspecified atom stereocenters. The number of benzene rings is 2. The smallest absolute Gasteiger partial charge is 0.308 e. The van der Waals surface area contributed by atoms with Gasteiger partial charge in [-0.15, -0.1) is 0 Å². The van der Waals surface area contributed by atoms with Gasteiger partial charge in [0.2, 0.25) is 23.3 Å². The van der Waals surface area contributed by atoms with Gasteiger partial charge in [-0.2, -0.15) is 8.78 Å². The second-order valence-corrected chi connectivity index (χ2v) is 12.0. The zero-order valence-corrected chi connectivity index (χ0v) is 25.4. The van der Waals surface area contributed by atoms with Crippen LogP contribution in [0.5, 0.6) is 5.75 Å². The number of Topliss-reactive ketones (excluding diaryl/α,β-unsaturated/α-hetero) is 2.